The minimum absolute atomic E-state index is 0.0407. The van der Waals surface area contributed by atoms with Crippen LogP contribution in [0, 0.1) is 0 Å². The zero-order valence-electron chi connectivity index (χ0n) is 10.6. The van der Waals surface area contributed by atoms with Gasteiger partial charge in [0.15, 0.2) is 0 Å². The molecule has 0 aliphatic heterocycles. The van der Waals surface area contributed by atoms with Gasteiger partial charge in [-0.3, -0.25) is 0 Å². The second-order valence-corrected chi connectivity index (χ2v) is 6.10. The molecule has 19 heavy (non-hydrogen) atoms. The summed E-state index contributed by atoms with van der Waals surface area (Å²) in [7, 11) is -3.21. The van der Waals surface area contributed by atoms with Gasteiger partial charge in [-0.15, -0.1) is 6.58 Å². The Kier molecular flexibility index (Phi) is 4.34. The fourth-order valence-corrected chi connectivity index (χ4v) is 2.76. The fourth-order valence-electron chi connectivity index (χ4n) is 1.88. The molecule has 0 saturated heterocycles. The van der Waals surface area contributed by atoms with E-state index in [1.165, 1.54) is 6.08 Å². The number of hydrogen-bond acceptors (Lipinski definition) is 3. The van der Waals surface area contributed by atoms with Crippen LogP contribution in [0.4, 0.5) is 0 Å². The van der Waals surface area contributed by atoms with E-state index in [2.05, 4.69) is 16.3 Å². The lowest BCUT2D eigenvalue weighted by Crippen LogP contribution is -2.27. The highest BCUT2D eigenvalue weighted by Crippen LogP contribution is 2.11. The zero-order valence-corrected chi connectivity index (χ0v) is 11.4. The van der Waals surface area contributed by atoms with E-state index in [4.69, 9.17) is 0 Å². The summed E-state index contributed by atoms with van der Waals surface area (Å²) in [5.41, 5.74) is 2.02. The molecule has 0 unspecified atom stereocenters. The Morgan fingerprint density at radius 2 is 2.16 bits per heavy atom. The number of sulfonamides is 1. The maximum atomic E-state index is 11.4. The number of para-hydroxylation sites is 2. The molecule has 2 aromatic rings. The van der Waals surface area contributed by atoms with Gasteiger partial charge in [-0.2, -0.15) is 0 Å². The van der Waals surface area contributed by atoms with Crippen molar-refractivity contribution < 1.29 is 8.42 Å². The van der Waals surface area contributed by atoms with Crippen LogP contribution < -0.4 is 4.72 Å². The van der Waals surface area contributed by atoms with Crippen molar-refractivity contribution in [3.63, 3.8) is 0 Å². The predicted octanol–water partition coefficient (Wildman–Crippen LogP) is 1.53. The highest BCUT2D eigenvalue weighted by molar-refractivity contribution is 7.89. The van der Waals surface area contributed by atoms with Gasteiger partial charge in [-0.05, 0) is 18.6 Å². The number of benzene rings is 1. The molecule has 1 N–H and O–H groups in total. The standard InChI is InChI=1S/C13H17N3O2S/c1-2-10-19(17,18)15-8-5-9-16-11-14-12-6-3-4-7-13(12)16/h2-4,6-7,11,15H,1,5,8-10H2. The Hall–Kier alpha value is -1.66. The molecule has 0 radical (unpaired) electrons. The van der Waals surface area contributed by atoms with E-state index >= 15 is 0 Å². The molecule has 1 aromatic heterocycles. The Balaban J connectivity index is 1.88. The third kappa shape index (κ3) is 3.65. The number of rotatable bonds is 7. The molecule has 5 nitrogen and oxygen atoms in total. The first-order valence-corrected chi connectivity index (χ1v) is 7.76. The smallest absolute Gasteiger partial charge is 0.215 e. The third-order valence-corrected chi connectivity index (χ3v) is 4.08. The van der Waals surface area contributed by atoms with E-state index in [0.717, 1.165) is 24.0 Å². The molecule has 1 heterocycles. The van der Waals surface area contributed by atoms with Crippen LogP contribution in [0.1, 0.15) is 6.42 Å². The summed E-state index contributed by atoms with van der Waals surface area (Å²) in [6, 6.07) is 7.87. The minimum atomic E-state index is -3.21. The Morgan fingerprint density at radius 1 is 1.37 bits per heavy atom. The summed E-state index contributed by atoms with van der Waals surface area (Å²) in [5, 5.41) is 0. The van der Waals surface area contributed by atoms with Crippen molar-refractivity contribution in [2.24, 2.45) is 0 Å². The van der Waals surface area contributed by atoms with Crippen molar-refractivity contribution in [3.05, 3.63) is 43.2 Å². The van der Waals surface area contributed by atoms with Crippen molar-refractivity contribution in [1.82, 2.24) is 14.3 Å². The lowest BCUT2D eigenvalue weighted by Gasteiger charge is -2.06. The molecule has 6 heteroatoms. The SMILES string of the molecule is C=CCS(=O)(=O)NCCCn1cnc2ccccc21. The molecule has 102 valence electrons. The topological polar surface area (TPSA) is 64.0 Å². The molecular formula is C13H17N3O2S. The lowest BCUT2D eigenvalue weighted by molar-refractivity contribution is 0.574. The fraction of sp³-hybridized carbons (Fsp3) is 0.308. The molecule has 0 spiro atoms. The van der Waals surface area contributed by atoms with Crippen LogP contribution in [0.25, 0.3) is 11.0 Å². The molecule has 0 aliphatic rings. The molecule has 0 fully saturated rings. The second kappa shape index (κ2) is 5.99. The van der Waals surface area contributed by atoms with E-state index in [1.807, 2.05) is 28.8 Å². The van der Waals surface area contributed by atoms with Crippen molar-refractivity contribution in [2.75, 3.05) is 12.3 Å². The second-order valence-electron chi connectivity index (χ2n) is 4.24. The van der Waals surface area contributed by atoms with E-state index in [0.29, 0.717) is 6.54 Å². The largest absolute Gasteiger partial charge is 0.331 e. The molecule has 1 aromatic carbocycles. The quantitative estimate of drug-likeness (QED) is 0.617. The summed E-state index contributed by atoms with van der Waals surface area (Å²) in [5.74, 6) is -0.0407. The minimum Gasteiger partial charge on any atom is -0.331 e. The van der Waals surface area contributed by atoms with E-state index in [-0.39, 0.29) is 5.75 Å². The Morgan fingerprint density at radius 3 is 2.95 bits per heavy atom. The predicted molar refractivity (Wildman–Crippen MR) is 76.3 cm³/mol. The van der Waals surface area contributed by atoms with Crippen molar-refractivity contribution in [2.45, 2.75) is 13.0 Å². The van der Waals surface area contributed by atoms with Gasteiger partial charge in [0.25, 0.3) is 0 Å². The average molecular weight is 279 g/mol. The highest BCUT2D eigenvalue weighted by atomic mass is 32.2. The van der Waals surface area contributed by atoms with Gasteiger partial charge in [0, 0.05) is 13.1 Å². The van der Waals surface area contributed by atoms with Crippen LogP contribution in [0.2, 0.25) is 0 Å². The molecule has 0 amide bonds. The first kappa shape index (κ1) is 13.8. The van der Waals surface area contributed by atoms with Crippen LogP contribution in [0.5, 0.6) is 0 Å². The molecular weight excluding hydrogens is 262 g/mol. The maximum Gasteiger partial charge on any atom is 0.215 e. The molecule has 0 atom stereocenters. The number of aryl methyl sites for hydroxylation is 1. The molecule has 0 bridgehead atoms. The van der Waals surface area contributed by atoms with Gasteiger partial charge in [-0.25, -0.2) is 18.1 Å². The van der Waals surface area contributed by atoms with Gasteiger partial charge in [0.05, 0.1) is 23.1 Å². The average Bonchev–Trinajstić information content (AvgIpc) is 2.78. The zero-order chi connectivity index (χ0) is 13.7. The number of aromatic nitrogens is 2. The van der Waals surface area contributed by atoms with Crippen LogP contribution in [-0.2, 0) is 16.6 Å². The van der Waals surface area contributed by atoms with Gasteiger partial charge < -0.3 is 4.57 Å². The first-order valence-electron chi connectivity index (χ1n) is 6.10. The van der Waals surface area contributed by atoms with Gasteiger partial charge in [0.2, 0.25) is 10.0 Å². The number of nitrogens with zero attached hydrogens (tertiary/aromatic N) is 2. The number of imidazole rings is 1. The summed E-state index contributed by atoms with van der Waals surface area (Å²) in [6.45, 7) is 4.57. The van der Waals surface area contributed by atoms with Crippen LogP contribution in [0.15, 0.2) is 43.2 Å². The third-order valence-electron chi connectivity index (χ3n) is 2.76. The maximum absolute atomic E-state index is 11.4. The van der Waals surface area contributed by atoms with Gasteiger partial charge in [0.1, 0.15) is 0 Å². The normalized spacial score (nSPS) is 11.8. The van der Waals surface area contributed by atoms with Crippen molar-refractivity contribution >= 4 is 21.1 Å². The summed E-state index contributed by atoms with van der Waals surface area (Å²) >= 11 is 0. The van der Waals surface area contributed by atoms with Crippen molar-refractivity contribution in [3.8, 4) is 0 Å². The van der Waals surface area contributed by atoms with Crippen LogP contribution in [0.3, 0.4) is 0 Å². The van der Waals surface area contributed by atoms with E-state index in [1.54, 1.807) is 6.33 Å². The van der Waals surface area contributed by atoms with Crippen LogP contribution >= 0.6 is 0 Å². The molecule has 2 rings (SSSR count). The van der Waals surface area contributed by atoms with Gasteiger partial charge in [-0.1, -0.05) is 18.2 Å². The summed E-state index contributed by atoms with van der Waals surface area (Å²) in [6.07, 6.45) is 3.88. The number of nitrogens with one attached hydrogen (secondary N) is 1. The van der Waals surface area contributed by atoms with Crippen LogP contribution in [-0.4, -0.2) is 30.3 Å². The summed E-state index contributed by atoms with van der Waals surface area (Å²) < 4.78 is 27.4. The first-order chi connectivity index (χ1) is 9.12. The van der Waals surface area contributed by atoms with Gasteiger partial charge >= 0.3 is 0 Å². The Bertz CT molecular complexity index is 661. The Labute approximate surface area is 113 Å². The van der Waals surface area contributed by atoms with E-state index in [9.17, 15) is 8.42 Å². The lowest BCUT2D eigenvalue weighted by atomic mass is 10.3. The number of hydrogen-bond donors (Lipinski definition) is 1. The van der Waals surface area contributed by atoms with Crippen molar-refractivity contribution in [1.29, 1.82) is 0 Å². The molecule has 0 aliphatic carbocycles. The number of fused-ring (bicyclic) bond motifs is 1. The summed E-state index contributed by atoms with van der Waals surface area (Å²) in [4.78, 5) is 4.29. The van der Waals surface area contributed by atoms with E-state index < -0.39 is 10.0 Å². The highest BCUT2D eigenvalue weighted by Gasteiger charge is 2.06. The monoisotopic (exact) mass is 279 g/mol. The molecule has 0 saturated carbocycles.